The third kappa shape index (κ3) is 6.33. The summed E-state index contributed by atoms with van der Waals surface area (Å²) in [6.45, 7) is 6.51. The summed E-state index contributed by atoms with van der Waals surface area (Å²) < 4.78 is 5.68. The van der Waals surface area contributed by atoms with E-state index in [0.29, 0.717) is 29.4 Å². The topological polar surface area (TPSA) is 53.8 Å². The lowest BCUT2D eigenvalue weighted by Crippen LogP contribution is -2.42. The van der Waals surface area contributed by atoms with Gasteiger partial charge in [-0.3, -0.25) is 9.59 Å². The summed E-state index contributed by atoms with van der Waals surface area (Å²) in [5.74, 6) is 1.05. The molecule has 2 aromatic carbocycles. The van der Waals surface area contributed by atoms with Gasteiger partial charge in [0.15, 0.2) is 0 Å². The van der Waals surface area contributed by atoms with Crippen molar-refractivity contribution >= 4 is 23.4 Å². The largest absolute Gasteiger partial charge is 0.464 e. The standard InChI is InChI=1S/C25H25ClN2O3/c1-3-15-27(25(30)21-10-12-22(26)13-11-21)18-24(29)28(16-20-7-5-4-6-8-20)17-23-14-9-19(2)31-23/h3-14H,1,15-18H2,2H3. The zero-order valence-corrected chi connectivity index (χ0v) is 18.2. The molecule has 0 saturated heterocycles. The fourth-order valence-corrected chi connectivity index (χ4v) is 3.33. The van der Waals surface area contributed by atoms with E-state index in [0.717, 1.165) is 11.3 Å². The number of carbonyl (C=O) groups is 2. The molecule has 31 heavy (non-hydrogen) atoms. The van der Waals surface area contributed by atoms with Crippen LogP contribution in [0.5, 0.6) is 0 Å². The van der Waals surface area contributed by atoms with E-state index in [4.69, 9.17) is 16.0 Å². The van der Waals surface area contributed by atoms with Gasteiger partial charge in [-0.1, -0.05) is 48.0 Å². The predicted octanol–water partition coefficient (Wildman–Crippen LogP) is 5.10. The zero-order chi connectivity index (χ0) is 22.2. The Morgan fingerprint density at radius 1 is 0.968 bits per heavy atom. The lowest BCUT2D eigenvalue weighted by atomic mass is 10.2. The molecule has 0 aliphatic rings. The lowest BCUT2D eigenvalue weighted by Gasteiger charge is -2.27. The second-order valence-electron chi connectivity index (χ2n) is 7.23. The maximum absolute atomic E-state index is 13.3. The van der Waals surface area contributed by atoms with Crippen molar-refractivity contribution in [3.63, 3.8) is 0 Å². The fourth-order valence-electron chi connectivity index (χ4n) is 3.21. The first kappa shape index (κ1) is 22.4. The minimum Gasteiger partial charge on any atom is -0.464 e. The number of benzene rings is 2. The molecular weight excluding hydrogens is 412 g/mol. The van der Waals surface area contributed by atoms with Crippen molar-refractivity contribution in [2.45, 2.75) is 20.0 Å². The highest BCUT2D eigenvalue weighted by Gasteiger charge is 2.23. The molecule has 2 amide bonds. The summed E-state index contributed by atoms with van der Waals surface area (Å²) in [4.78, 5) is 29.4. The van der Waals surface area contributed by atoms with Crippen molar-refractivity contribution in [3.05, 3.63) is 107 Å². The van der Waals surface area contributed by atoms with E-state index >= 15 is 0 Å². The molecule has 0 aliphatic heterocycles. The number of halogens is 1. The van der Waals surface area contributed by atoms with Crippen LogP contribution in [-0.2, 0) is 17.9 Å². The number of carbonyl (C=O) groups excluding carboxylic acids is 2. The van der Waals surface area contributed by atoms with Gasteiger partial charge in [-0.15, -0.1) is 6.58 Å². The number of rotatable bonds is 9. The van der Waals surface area contributed by atoms with E-state index in [2.05, 4.69) is 6.58 Å². The van der Waals surface area contributed by atoms with Crippen LogP contribution in [0.2, 0.25) is 5.02 Å². The van der Waals surface area contributed by atoms with Crippen LogP contribution < -0.4 is 0 Å². The van der Waals surface area contributed by atoms with Crippen molar-refractivity contribution in [2.24, 2.45) is 0 Å². The van der Waals surface area contributed by atoms with Crippen LogP contribution in [0.25, 0.3) is 0 Å². The SMILES string of the molecule is C=CCN(CC(=O)N(Cc1ccccc1)Cc1ccc(C)o1)C(=O)c1ccc(Cl)cc1. The molecule has 0 bridgehead atoms. The molecule has 3 rings (SSSR count). The third-order valence-corrected chi connectivity index (χ3v) is 5.02. The number of hydrogen-bond acceptors (Lipinski definition) is 3. The van der Waals surface area contributed by atoms with Crippen LogP contribution >= 0.6 is 11.6 Å². The Kier molecular flexibility index (Phi) is 7.68. The molecule has 1 heterocycles. The first-order valence-electron chi connectivity index (χ1n) is 9.99. The van der Waals surface area contributed by atoms with Crippen LogP contribution in [0.3, 0.4) is 0 Å². The van der Waals surface area contributed by atoms with E-state index in [9.17, 15) is 9.59 Å². The molecule has 0 atom stereocenters. The molecule has 0 fully saturated rings. The van der Waals surface area contributed by atoms with Gasteiger partial charge in [-0.05, 0) is 48.9 Å². The first-order valence-corrected chi connectivity index (χ1v) is 10.4. The van der Waals surface area contributed by atoms with Crippen molar-refractivity contribution in [2.75, 3.05) is 13.1 Å². The van der Waals surface area contributed by atoms with Crippen molar-refractivity contribution < 1.29 is 14.0 Å². The van der Waals surface area contributed by atoms with E-state index in [1.165, 1.54) is 4.90 Å². The van der Waals surface area contributed by atoms with Crippen LogP contribution in [0.15, 0.2) is 83.8 Å². The number of hydrogen-bond donors (Lipinski definition) is 0. The Morgan fingerprint density at radius 3 is 2.29 bits per heavy atom. The Bertz CT molecular complexity index is 1030. The molecular formula is C25H25ClN2O3. The number of aryl methyl sites for hydroxylation is 1. The number of amides is 2. The molecule has 1 aromatic heterocycles. The third-order valence-electron chi connectivity index (χ3n) is 4.77. The van der Waals surface area contributed by atoms with Gasteiger partial charge in [0, 0.05) is 23.7 Å². The first-order chi connectivity index (χ1) is 15.0. The quantitative estimate of drug-likeness (QED) is 0.438. The Labute approximate surface area is 187 Å². The van der Waals surface area contributed by atoms with Gasteiger partial charge in [0.05, 0.1) is 6.54 Å². The van der Waals surface area contributed by atoms with E-state index in [1.807, 2.05) is 49.4 Å². The molecule has 0 spiro atoms. The minimum atomic E-state index is -0.251. The van der Waals surface area contributed by atoms with E-state index in [-0.39, 0.29) is 24.9 Å². The maximum Gasteiger partial charge on any atom is 0.254 e. The monoisotopic (exact) mass is 436 g/mol. The molecule has 0 radical (unpaired) electrons. The number of furan rings is 1. The van der Waals surface area contributed by atoms with Gasteiger partial charge < -0.3 is 14.2 Å². The smallest absolute Gasteiger partial charge is 0.254 e. The summed E-state index contributed by atoms with van der Waals surface area (Å²) in [6.07, 6.45) is 1.61. The van der Waals surface area contributed by atoms with Crippen molar-refractivity contribution in [1.82, 2.24) is 9.80 Å². The summed E-state index contributed by atoms with van der Waals surface area (Å²) in [5.41, 5.74) is 1.47. The van der Waals surface area contributed by atoms with E-state index in [1.54, 1.807) is 35.2 Å². The predicted molar refractivity (Wildman–Crippen MR) is 122 cm³/mol. The van der Waals surface area contributed by atoms with Crippen molar-refractivity contribution in [3.8, 4) is 0 Å². The lowest BCUT2D eigenvalue weighted by molar-refractivity contribution is -0.133. The van der Waals surface area contributed by atoms with Crippen molar-refractivity contribution in [1.29, 1.82) is 0 Å². The average Bonchev–Trinajstić information content (AvgIpc) is 3.18. The molecule has 6 heteroatoms. The van der Waals surface area contributed by atoms with Gasteiger partial charge >= 0.3 is 0 Å². The van der Waals surface area contributed by atoms with Gasteiger partial charge in [0.2, 0.25) is 5.91 Å². The summed E-state index contributed by atoms with van der Waals surface area (Å²) in [5, 5.41) is 0.547. The average molecular weight is 437 g/mol. The molecule has 0 N–H and O–H groups in total. The highest BCUT2D eigenvalue weighted by atomic mass is 35.5. The highest BCUT2D eigenvalue weighted by molar-refractivity contribution is 6.30. The maximum atomic E-state index is 13.3. The van der Waals surface area contributed by atoms with Crippen LogP contribution in [-0.4, -0.2) is 34.7 Å². The Balaban J connectivity index is 1.79. The summed E-state index contributed by atoms with van der Waals surface area (Å²) in [7, 11) is 0. The molecule has 0 unspecified atom stereocenters. The summed E-state index contributed by atoms with van der Waals surface area (Å²) >= 11 is 5.93. The van der Waals surface area contributed by atoms with Gasteiger partial charge in [-0.25, -0.2) is 0 Å². The zero-order valence-electron chi connectivity index (χ0n) is 17.5. The highest BCUT2D eigenvalue weighted by Crippen LogP contribution is 2.15. The molecule has 0 aliphatic carbocycles. The molecule has 160 valence electrons. The van der Waals surface area contributed by atoms with Crippen LogP contribution in [0.4, 0.5) is 0 Å². The van der Waals surface area contributed by atoms with Gasteiger partial charge in [0.1, 0.15) is 18.1 Å². The molecule has 5 nitrogen and oxygen atoms in total. The van der Waals surface area contributed by atoms with Crippen LogP contribution in [0, 0.1) is 6.92 Å². The van der Waals surface area contributed by atoms with E-state index < -0.39 is 0 Å². The second kappa shape index (κ2) is 10.6. The van der Waals surface area contributed by atoms with Gasteiger partial charge in [-0.2, -0.15) is 0 Å². The normalized spacial score (nSPS) is 10.5. The van der Waals surface area contributed by atoms with Crippen LogP contribution in [0.1, 0.15) is 27.4 Å². The Hall–Kier alpha value is -3.31. The fraction of sp³-hybridized carbons (Fsp3) is 0.200. The number of nitrogens with zero attached hydrogens (tertiary/aromatic N) is 2. The minimum absolute atomic E-state index is 0.0694. The van der Waals surface area contributed by atoms with Gasteiger partial charge in [0.25, 0.3) is 5.91 Å². The molecule has 3 aromatic rings. The summed E-state index contributed by atoms with van der Waals surface area (Å²) in [6, 6.07) is 20.1. The second-order valence-corrected chi connectivity index (χ2v) is 7.67. The Morgan fingerprint density at radius 2 is 1.68 bits per heavy atom. The molecule has 0 saturated carbocycles.